The lowest BCUT2D eigenvalue weighted by Crippen LogP contribution is -1.99. The van der Waals surface area contributed by atoms with Gasteiger partial charge < -0.3 is 10.1 Å². The molecular formula is C12H17ClN2O. The SMILES string of the molecule is CC/C=C(\OCC)c1cnc(Cl)cc1NC. The molecule has 0 saturated carbocycles. The molecule has 0 amide bonds. The topological polar surface area (TPSA) is 34.1 Å². The monoisotopic (exact) mass is 240 g/mol. The van der Waals surface area contributed by atoms with E-state index in [1.165, 1.54) is 0 Å². The first-order chi connectivity index (χ1) is 7.72. The van der Waals surface area contributed by atoms with Crippen LogP contribution in [0, 0.1) is 0 Å². The molecule has 0 aromatic carbocycles. The Morgan fingerprint density at radius 3 is 2.88 bits per heavy atom. The number of anilines is 1. The Kier molecular flexibility index (Phi) is 5.12. The largest absolute Gasteiger partial charge is 0.493 e. The van der Waals surface area contributed by atoms with Crippen LogP contribution in [0.2, 0.25) is 5.15 Å². The third kappa shape index (κ3) is 3.14. The van der Waals surface area contributed by atoms with Crippen molar-refractivity contribution in [1.82, 2.24) is 4.98 Å². The predicted octanol–water partition coefficient (Wildman–Crippen LogP) is 3.56. The fraction of sp³-hybridized carbons (Fsp3) is 0.417. The average Bonchev–Trinajstić information content (AvgIpc) is 2.28. The summed E-state index contributed by atoms with van der Waals surface area (Å²) in [4.78, 5) is 4.08. The normalized spacial score (nSPS) is 11.4. The van der Waals surface area contributed by atoms with Crippen LogP contribution in [0.1, 0.15) is 25.8 Å². The molecule has 1 heterocycles. The molecule has 1 N–H and O–H groups in total. The highest BCUT2D eigenvalue weighted by Gasteiger charge is 2.08. The molecule has 0 unspecified atom stereocenters. The number of hydrogen-bond donors (Lipinski definition) is 1. The van der Waals surface area contributed by atoms with Crippen molar-refractivity contribution in [3.8, 4) is 0 Å². The summed E-state index contributed by atoms with van der Waals surface area (Å²) in [6.07, 6.45) is 4.68. The summed E-state index contributed by atoms with van der Waals surface area (Å²) >= 11 is 5.84. The summed E-state index contributed by atoms with van der Waals surface area (Å²) in [6, 6.07) is 1.79. The zero-order valence-electron chi connectivity index (χ0n) is 9.88. The van der Waals surface area contributed by atoms with Crippen molar-refractivity contribution in [2.45, 2.75) is 20.3 Å². The molecule has 0 aliphatic heterocycles. The fourth-order valence-electron chi connectivity index (χ4n) is 1.42. The minimum absolute atomic E-state index is 0.473. The van der Waals surface area contributed by atoms with E-state index in [4.69, 9.17) is 16.3 Å². The van der Waals surface area contributed by atoms with E-state index in [0.717, 1.165) is 23.4 Å². The average molecular weight is 241 g/mol. The molecule has 0 fully saturated rings. The number of aromatic nitrogens is 1. The molecule has 3 nitrogen and oxygen atoms in total. The molecule has 0 saturated heterocycles. The number of rotatable bonds is 5. The van der Waals surface area contributed by atoms with E-state index in [1.54, 1.807) is 12.3 Å². The molecule has 0 spiro atoms. The van der Waals surface area contributed by atoms with Crippen molar-refractivity contribution in [3.05, 3.63) is 29.1 Å². The minimum atomic E-state index is 0.473. The number of pyridine rings is 1. The van der Waals surface area contributed by atoms with Gasteiger partial charge in [0.1, 0.15) is 10.9 Å². The van der Waals surface area contributed by atoms with Gasteiger partial charge in [-0.25, -0.2) is 4.98 Å². The van der Waals surface area contributed by atoms with Gasteiger partial charge >= 0.3 is 0 Å². The zero-order valence-corrected chi connectivity index (χ0v) is 10.6. The number of hydrogen-bond acceptors (Lipinski definition) is 3. The Labute approximate surface area is 101 Å². The van der Waals surface area contributed by atoms with Gasteiger partial charge in [-0.2, -0.15) is 0 Å². The highest BCUT2D eigenvalue weighted by molar-refractivity contribution is 6.29. The van der Waals surface area contributed by atoms with Gasteiger partial charge in [0.15, 0.2) is 0 Å². The summed E-state index contributed by atoms with van der Waals surface area (Å²) in [5, 5.41) is 3.56. The maximum absolute atomic E-state index is 5.84. The van der Waals surface area contributed by atoms with Gasteiger partial charge in [-0.15, -0.1) is 0 Å². The first-order valence-electron chi connectivity index (χ1n) is 5.39. The van der Waals surface area contributed by atoms with Gasteiger partial charge in [-0.1, -0.05) is 18.5 Å². The quantitative estimate of drug-likeness (QED) is 0.631. The van der Waals surface area contributed by atoms with Crippen molar-refractivity contribution in [2.75, 3.05) is 19.0 Å². The highest BCUT2D eigenvalue weighted by atomic mass is 35.5. The van der Waals surface area contributed by atoms with Crippen LogP contribution >= 0.6 is 11.6 Å². The molecular weight excluding hydrogens is 224 g/mol. The van der Waals surface area contributed by atoms with Gasteiger partial charge in [0, 0.05) is 18.9 Å². The standard InChI is InChI=1S/C12H17ClN2O/c1-4-6-11(16-5-2)9-8-15-12(13)7-10(9)14-3/h6-8H,4-5H2,1-3H3,(H,14,15)/b11-6-. The minimum Gasteiger partial charge on any atom is -0.493 e. The summed E-state index contributed by atoms with van der Waals surface area (Å²) < 4.78 is 5.59. The van der Waals surface area contributed by atoms with E-state index in [2.05, 4.69) is 17.2 Å². The van der Waals surface area contributed by atoms with Crippen molar-refractivity contribution < 1.29 is 4.74 Å². The van der Waals surface area contributed by atoms with E-state index in [0.29, 0.717) is 11.8 Å². The summed E-state index contributed by atoms with van der Waals surface area (Å²) in [5.74, 6) is 0.846. The molecule has 16 heavy (non-hydrogen) atoms. The van der Waals surface area contributed by atoms with E-state index in [1.807, 2.05) is 20.0 Å². The van der Waals surface area contributed by atoms with Crippen molar-refractivity contribution in [3.63, 3.8) is 0 Å². The molecule has 1 aromatic rings. The maximum Gasteiger partial charge on any atom is 0.131 e. The van der Waals surface area contributed by atoms with Gasteiger partial charge in [0.05, 0.1) is 12.2 Å². The lowest BCUT2D eigenvalue weighted by molar-refractivity contribution is 0.297. The number of nitrogens with one attached hydrogen (secondary N) is 1. The van der Waals surface area contributed by atoms with Crippen LogP contribution in [0.5, 0.6) is 0 Å². The van der Waals surface area contributed by atoms with Crippen LogP contribution in [0.3, 0.4) is 0 Å². The van der Waals surface area contributed by atoms with Crippen molar-refractivity contribution in [2.24, 2.45) is 0 Å². The van der Waals surface area contributed by atoms with Crippen LogP contribution < -0.4 is 5.32 Å². The second-order valence-electron chi connectivity index (χ2n) is 3.21. The lowest BCUT2D eigenvalue weighted by Gasteiger charge is -2.13. The predicted molar refractivity (Wildman–Crippen MR) is 68.7 cm³/mol. The van der Waals surface area contributed by atoms with E-state index in [9.17, 15) is 0 Å². The van der Waals surface area contributed by atoms with Crippen molar-refractivity contribution in [1.29, 1.82) is 0 Å². The first kappa shape index (κ1) is 12.8. The Balaban J connectivity index is 3.13. The van der Waals surface area contributed by atoms with Crippen LogP contribution in [0.15, 0.2) is 18.3 Å². The van der Waals surface area contributed by atoms with E-state index in [-0.39, 0.29) is 0 Å². The van der Waals surface area contributed by atoms with Gasteiger partial charge in [-0.05, 0) is 25.5 Å². The smallest absolute Gasteiger partial charge is 0.131 e. The molecule has 0 radical (unpaired) electrons. The number of nitrogens with zero attached hydrogens (tertiary/aromatic N) is 1. The van der Waals surface area contributed by atoms with Gasteiger partial charge in [0.25, 0.3) is 0 Å². The second-order valence-corrected chi connectivity index (χ2v) is 3.60. The summed E-state index contributed by atoms with van der Waals surface area (Å²) in [5.41, 5.74) is 1.86. The third-order valence-electron chi connectivity index (χ3n) is 2.09. The Morgan fingerprint density at radius 1 is 1.56 bits per heavy atom. The van der Waals surface area contributed by atoms with Gasteiger partial charge in [0.2, 0.25) is 0 Å². The van der Waals surface area contributed by atoms with Crippen LogP contribution in [-0.4, -0.2) is 18.6 Å². The Bertz CT molecular complexity index is 377. The zero-order chi connectivity index (χ0) is 12.0. The number of allylic oxidation sites excluding steroid dienone is 1. The maximum atomic E-state index is 5.84. The number of ether oxygens (including phenoxy) is 1. The molecule has 1 rings (SSSR count). The summed E-state index contributed by atoms with van der Waals surface area (Å²) in [7, 11) is 1.85. The van der Waals surface area contributed by atoms with E-state index >= 15 is 0 Å². The van der Waals surface area contributed by atoms with E-state index < -0.39 is 0 Å². The molecule has 88 valence electrons. The fourth-order valence-corrected chi connectivity index (χ4v) is 1.58. The summed E-state index contributed by atoms with van der Waals surface area (Å²) in [6.45, 7) is 4.67. The molecule has 0 bridgehead atoms. The third-order valence-corrected chi connectivity index (χ3v) is 2.30. The van der Waals surface area contributed by atoms with Crippen molar-refractivity contribution >= 4 is 23.0 Å². The second kappa shape index (κ2) is 6.38. The van der Waals surface area contributed by atoms with Gasteiger partial charge in [-0.3, -0.25) is 0 Å². The Morgan fingerprint density at radius 2 is 2.31 bits per heavy atom. The van der Waals surface area contributed by atoms with Crippen LogP contribution in [0.25, 0.3) is 5.76 Å². The first-order valence-corrected chi connectivity index (χ1v) is 5.77. The Hall–Kier alpha value is -1.22. The molecule has 0 atom stereocenters. The molecule has 0 aliphatic rings. The van der Waals surface area contributed by atoms with Crippen LogP contribution in [-0.2, 0) is 4.74 Å². The van der Waals surface area contributed by atoms with Crippen LogP contribution in [0.4, 0.5) is 5.69 Å². The molecule has 1 aromatic heterocycles. The lowest BCUT2D eigenvalue weighted by atomic mass is 10.1. The number of halogens is 1. The molecule has 0 aliphatic carbocycles. The highest BCUT2D eigenvalue weighted by Crippen LogP contribution is 2.26. The molecule has 4 heteroatoms.